The van der Waals surface area contributed by atoms with Crippen molar-refractivity contribution in [3.8, 4) is 10.4 Å². The molecule has 4 rings (SSSR count). The number of carbonyl (C=O) groups is 1. The second-order valence-electron chi connectivity index (χ2n) is 7.02. The molecule has 3 heterocycles. The molecule has 2 fully saturated rings. The highest BCUT2D eigenvalue weighted by Crippen LogP contribution is 2.30. The number of rotatable bonds is 4. The summed E-state index contributed by atoms with van der Waals surface area (Å²) in [6.07, 6.45) is 4.88. The number of thiophene rings is 1. The van der Waals surface area contributed by atoms with Crippen molar-refractivity contribution in [3.05, 3.63) is 42.0 Å². The molecule has 2 aliphatic rings. The molecule has 2 saturated heterocycles. The maximum absolute atomic E-state index is 13.0. The fraction of sp³-hybridized carbons (Fsp3) is 0.450. The van der Waals surface area contributed by atoms with Gasteiger partial charge in [-0.3, -0.25) is 4.79 Å². The lowest BCUT2D eigenvalue weighted by Crippen LogP contribution is -2.42. The lowest BCUT2D eigenvalue weighted by molar-refractivity contribution is 0.0709. The number of thiol groups is 1. The smallest absolute Gasteiger partial charge is 0.254 e. The van der Waals surface area contributed by atoms with Gasteiger partial charge in [0.15, 0.2) is 0 Å². The third-order valence-corrected chi connectivity index (χ3v) is 6.67. The number of benzene rings is 1. The van der Waals surface area contributed by atoms with Crippen LogP contribution in [0.3, 0.4) is 0 Å². The van der Waals surface area contributed by atoms with E-state index in [0.29, 0.717) is 6.04 Å². The van der Waals surface area contributed by atoms with Gasteiger partial charge in [0.2, 0.25) is 0 Å². The van der Waals surface area contributed by atoms with E-state index in [1.54, 1.807) is 11.3 Å². The van der Waals surface area contributed by atoms with Crippen molar-refractivity contribution >= 4 is 29.9 Å². The highest BCUT2D eigenvalue weighted by atomic mass is 32.2. The number of hydrogen-bond donors (Lipinski definition) is 1. The maximum Gasteiger partial charge on any atom is 0.254 e. The minimum absolute atomic E-state index is 0.189. The second kappa shape index (κ2) is 7.52. The van der Waals surface area contributed by atoms with Crippen LogP contribution >= 0.6 is 24.0 Å². The molecule has 0 N–H and O–H groups in total. The first-order valence-electron chi connectivity index (χ1n) is 9.13. The van der Waals surface area contributed by atoms with Gasteiger partial charge in [0.05, 0.1) is 4.21 Å². The molecule has 0 spiro atoms. The third-order valence-electron chi connectivity index (χ3n) is 5.31. The third kappa shape index (κ3) is 3.78. The highest BCUT2D eigenvalue weighted by Gasteiger charge is 2.31. The van der Waals surface area contributed by atoms with E-state index in [9.17, 15) is 4.79 Å². The van der Waals surface area contributed by atoms with Gasteiger partial charge in [0, 0.05) is 29.6 Å². The van der Waals surface area contributed by atoms with Crippen LogP contribution in [0.4, 0.5) is 0 Å². The number of hydrogen-bond acceptors (Lipinski definition) is 4. The molecular weight excluding hydrogens is 348 g/mol. The monoisotopic (exact) mass is 372 g/mol. The van der Waals surface area contributed by atoms with Gasteiger partial charge in [0.1, 0.15) is 0 Å². The quantitative estimate of drug-likeness (QED) is 0.804. The summed E-state index contributed by atoms with van der Waals surface area (Å²) in [5.41, 5.74) is 1.96. The molecule has 2 aliphatic heterocycles. The second-order valence-corrected chi connectivity index (χ2v) is 8.89. The van der Waals surface area contributed by atoms with Gasteiger partial charge >= 0.3 is 0 Å². The summed E-state index contributed by atoms with van der Waals surface area (Å²) in [4.78, 5) is 18.8. The molecular formula is C20H24N2OS2. The van der Waals surface area contributed by atoms with Crippen LogP contribution in [0.15, 0.2) is 40.6 Å². The molecule has 1 aromatic heterocycles. The molecule has 0 saturated carbocycles. The van der Waals surface area contributed by atoms with Crippen LogP contribution in [-0.2, 0) is 0 Å². The summed E-state index contributed by atoms with van der Waals surface area (Å²) < 4.78 is 1.01. The van der Waals surface area contributed by atoms with E-state index < -0.39 is 0 Å². The lowest BCUT2D eigenvalue weighted by atomic mass is 10.1. The zero-order valence-corrected chi connectivity index (χ0v) is 16.1. The summed E-state index contributed by atoms with van der Waals surface area (Å²) in [6.45, 7) is 4.33. The molecule has 0 aliphatic carbocycles. The van der Waals surface area contributed by atoms with E-state index in [2.05, 4.69) is 40.6 Å². The Morgan fingerprint density at radius 1 is 1.04 bits per heavy atom. The van der Waals surface area contributed by atoms with Crippen molar-refractivity contribution in [2.45, 2.75) is 35.9 Å². The number of amides is 1. The minimum Gasteiger partial charge on any atom is -0.334 e. The van der Waals surface area contributed by atoms with Crippen molar-refractivity contribution in [1.82, 2.24) is 9.80 Å². The summed E-state index contributed by atoms with van der Waals surface area (Å²) in [7, 11) is 0. The SMILES string of the molecule is O=C(c1ccc(-c2ccc(S)s2)cc1)N1CCC[C@H]1CN1CCCC1. The Kier molecular flexibility index (Phi) is 5.15. The van der Waals surface area contributed by atoms with Crippen LogP contribution in [-0.4, -0.2) is 47.9 Å². The Labute approximate surface area is 159 Å². The Hall–Kier alpha value is -1.30. The van der Waals surface area contributed by atoms with Gasteiger partial charge in [0.25, 0.3) is 5.91 Å². The Balaban J connectivity index is 1.46. The molecule has 1 aromatic carbocycles. The van der Waals surface area contributed by atoms with Gasteiger partial charge < -0.3 is 9.80 Å². The topological polar surface area (TPSA) is 23.6 Å². The van der Waals surface area contributed by atoms with E-state index in [-0.39, 0.29) is 5.91 Å². The predicted molar refractivity (Wildman–Crippen MR) is 107 cm³/mol. The van der Waals surface area contributed by atoms with Crippen LogP contribution < -0.4 is 0 Å². The minimum atomic E-state index is 0.189. The maximum atomic E-state index is 13.0. The number of carbonyl (C=O) groups excluding carboxylic acids is 1. The van der Waals surface area contributed by atoms with Crippen molar-refractivity contribution in [2.75, 3.05) is 26.2 Å². The molecule has 0 radical (unpaired) electrons. The van der Waals surface area contributed by atoms with Crippen LogP contribution in [0, 0.1) is 0 Å². The Morgan fingerprint density at radius 3 is 2.48 bits per heavy atom. The lowest BCUT2D eigenvalue weighted by Gasteiger charge is -2.28. The first-order chi connectivity index (χ1) is 12.2. The molecule has 5 heteroatoms. The molecule has 0 unspecified atom stereocenters. The molecule has 132 valence electrons. The van der Waals surface area contributed by atoms with Crippen LogP contribution in [0.2, 0.25) is 0 Å². The van der Waals surface area contributed by atoms with Crippen molar-refractivity contribution in [1.29, 1.82) is 0 Å². The average molecular weight is 373 g/mol. The molecule has 1 amide bonds. The van der Waals surface area contributed by atoms with E-state index in [1.807, 2.05) is 18.2 Å². The molecule has 1 atom stereocenters. The standard InChI is InChI=1S/C20H24N2OS2/c23-20(22-13-3-4-17(22)14-21-11-1-2-12-21)16-7-5-15(6-8-16)18-9-10-19(24)25-18/h5-10,17,24H,1-4,11-14H2/t17-/m0/s1. The van der Waals surface area contributed by atoms with Gasteiger partial charge in [-0.2, -0.15) is 0 Å². The number of nitrogens with zero attached hydrogens (tertiary/aromatic N) is 2. The fourth-order valence-electron chi connectivity index (χ4n) is 3.98. The predicted octanol–water partition coefficient (Wildman–Crippen LogP) is 4.40. The normalized spacial score (nSPS) is 21.2. The average Bonchev–Trinajstić information content (AvgIpc) is 3.37. The number of likely N-dealkylation sites (tertiary alicyclic amines) is 2. The highest BCUT2D eigenvalue weighted by molar-refractivity contribution is 7.83. The van der Waals surface area contributed by atoms with E-state index in [0.717, 1.165) is 41.3 Å². The van der Waals surface area contributed by atoms with Crippen LogP contribution in [0.5, 0.6) is 0 Å². The first-order valence-corrected chi connectivity index (χ1v) is 10.4. The largest absolute Gasteiger partial charge is 0.334 e. The first kappa shape index (κ1) is 17.1. The van der Waals surface area contributed by atoms with Crippen LogP contribution in [0.1, 0.15) is 36.0 Å². The van der Waals surface area contributed by atoms with Gasteiger partial charge in [-0.05, 0) is 68.6 Å². The van der Waals surface area contributed by atoms with Crippen molar-refractivity contribution in [3.63, 3.8) is 0 Å². The summed E-state index contributed by atoms with van der Waals surface area (Å²) in [5, 5.41) is 0. The van der Waals surface area contributed by atoms with Gasteiger partial charge in [-0.15, -0.1) is 24.0 Å². The Bertz CT molecular complexity index is 734. The van der Waals surface area contributed by atoms with E-state index >= 15 is 0 Å². The molecule has 0 bridgehead atoms. The zero-order valence-electron chi connectivity index (χ0n) is 14.4. The molecule has 3 nitrogen and oxygen atoms in total. The van der Waals surface area contributed by atoms with Crippen molar-refractivity contribution < 1.29 is 4.79 Å². The molecule has 2 aromatic rings. The van der Waals surface area contributed by atoms with Gasteiger partial charge in [-0.1, -0.05) is 12.1 Å². The zero-order chi connectivity index (χ0) is 17.2. The molecule has 25 heavy (non-hydrogen) atoms. The Morgan fingerprint density at radius 2 is 1.80 bits per heavy atom. The summed E-state index contributed by atoms with van der Waals surface area (Å²) in [6, 6.07) is 12.5. The van der Waals surface area contributed by atoms with Gasteiger partial charge in [-0.25, -0.2) is 0 Å². The fourth-order valence-corrected chi connectivity index (χ4v) is 5.10. The summed E-state index contributed by atoms with van der Waals surface area (Å²) >= 11 is 6.04. The van der Waals surface area contributed by atoms with E-state index in [4.69, 9.17) is 0 Å². The van der Waals surface area contributed by atoms with E-state index in [1.165, 1.54) is 30.8 Å². The van der Waals surface area contributed by atoms with Crippen molar-refractivity contribution in [2.24, 2.45) is 0 Å². The van der Waals surface area contributed by atoms with Crippen LogP contribution in [0.25, 0.3) is 10.4 Å². The summed E-state index contributed by atoms with van der Waals surface area (Å²) in [5.74, 6) is 0.189.